The average Bonchev–Trinajstić information content (AvgIpc) is 3.67. The average molecular weight is 714 g/mol. The molecule has 11 aromatic rings. The predicted octanol–water partition coefficient (Wildman–Crippen LogP) is 15.5. The molecule has 0 saturated carbocycles. The maximum atomic E-state index is 6.54. The van der Waals surface area contributed by atoms with E-state index < -0.39 is 0 Å². The molecule has 262 valence electrons. The molecule has 0 N–H and O–H groups in total. The Balaban J connectivity index is 1.07. The molecule has 0 saturated heterocycles. The molecule has 0 aliphatic carbocycles. The lowest BCUT2D eigenvalue weighted by atomic mass is 9.93. The summed E-state index contributed by atoms with van der Waals surface area (Å²) in [6.45, 7) is 0. The molecule has 0 unspecified atom stereocenters. The van der Waals surface area contributed by atoms with E-state index >= 15 is 0 Å². The van der Waals surface area contributed by atoms with Crippen molar-refractivity contribution in [3.8, 4) is 33.4 Å². The van der Waals surface area contributed by atoms with E-state index in [0.29, 0.717) is 0 Å². The first-order valence-electron chi connectivity index (χ1n) is 19.2. The number of hydrogen-bond donors (Lipinski definition) is 0. The van der Waals surface area contributed by atoms with E-state index in [1.165, 1.54) is 54.9 Å². The number of para-hydroxylation sites is 1. The summed E-state index contributed by atoms with van der Waals surface area (Å²) in [6, 6.07) is 76.4. The predicted molar refractivity (Wildman–Crippen MR) is 237 cm³/mol. The lowest BCUT2D eigenvalue weighted by molar-refractivity contribution is 0.672. The van der Waals surface area contributed by atoms with Crippen LogP contribution in [0.5, 0.6) is 0 Å². The van der Waals surface area contributed by atoms with Gasteiger partial charge < -0.3 is 9.32 Å². The van der Waals surface area contributed by atoms with Gasteiger partial charge >= 0.3 is 0 Å². The standard InChI is InChI=1S/C54H35NO/c1-2-13-36(14-3-1)42-16-6-7-17-43(42)37-25-29-40(30-26-37)55(52-23-12-22-49-47(52)33-34-50-48-21-10-11-24-53(48)56-54(49)50)41-31-27-38(28-32-41)51-35-39-15-4-5-18-44(39)45-19-8-9-20-46(45)51/h1-35H. The fraction of sp³-hybridized carbons (Fsp3) is 0. The van der Waals surface area contributed by atoms with E-state index in [9.17, 15) is 0 Å². The molecule has 0 aliphatic rings. The number of fused-ring (bicyclic) bond motifs is 8. The third-order valence-electron chi connectivity index (χ3n) is 11.3. The van der Waals surface area contributed by atoms with Crippen molar-refractivity contribution in [1.29, 1.82) is 0 Å². The lowest BCUT2D eigenvalue weighted by Crippen LogP contribution is -2.10. The molecule has 0 aliphatic heterocycles. The van der Waals surface area contributed by atoms with Gasteiger partial charge in [-0.05, 0) is 103 Å². The summed E-state index contributed by atoms with van der Waals surface area (Å²) in [5.74, 6) is 0. The summed E-state index contributed by atoms with van der Waals surface area (Å²) in [5, 5.41) is 9.53. The topological polar surface area (TPSA) is 16.4 Å². The number of anilines is 3. The van der Waals surface area contributed by atoms with Gasteiger partial charge in [0.05, 0.1) is 5.69 Å². The summed E-state index contributed by atoms with van der Waals surface area (Å²) < 4.78 is 6.54. The van der Waals surface area contributed by atoms with Crippen LogP contribution in [-0.4, -0.2) is 0 Å². The highest BCUT2D eigenvalue weighted by Gasteiger charge is 2.19. The van der Waals surface area contributed by atoms with E-state index in [0.717, 1.165) is 49.8 Å². The van der Waals surface area contributed by atoms with Gasteiger partial charge in [-0.3, -0.25) is 0 Å². The van der Waals surface area contributed by atoms with Crippen molar-refractivity contribution in [2.24, 2.45) is 0 Å². The summed E-state index contributed by atoms with van der Waals surface area (Å²) in [5.41, 5.74) is 12.3. The second-order valence-corrected chi connectivity index (χ2v) is 14.4. The first kappa shape index (κ1) is 32.0. The molecule has 56 heavy (non-hydrogen) atoms. The number of furan rings is 1. The van der Waals surface area contributed by atoms with Crippen LogP contribution in [0.25, 0.3) is 87.6 Å². The summed E-state index contributed by atoms with van der Waals surface area (Å²) in [6.07, 6.45) is 0. The third kappa shape index (κ3) is 5.26. The van der Waals surface area contributed by atoms with Crippen LogP contribution < -0.4 is 4.90 Å². The van der Waals surface area contributed by atoms with Crippen molar-refractivity contribution in [2.45, 2.75) is 0 Å². The number of benzene rings is 10. The van der Waals surface area contributed by atoms with Crippen molar-refractivity contribution in [2.75, 3.05) is 4.90 Å². The number of hydrogen-bond acceptors (Lipinski definition) is 2. The van der Waals surface area contributed by atoms with Crippen LogP contribution in [0.1, 0.15) is 0 Å². The van der Waals surface area contributed by atoms with Crippen LogP contribution in [0.2, 0.25) is 0 Å². The molecule has 0 bridgehead atoms. The molecule has 2 heteroatoms. The van der Waals surface area contributed by atoms with Crippen molar-refractivity contribution in [3.05, 3.63) is 212 Å². The van der Waals surface area contributed by atoms with Crippen LogP contribution in [0.4, 0.5) is 17.1 Å². The van der Waals surface area contributed by atoms with Gasteiger partial charge in [0.1, 0.15) is 11.2 Å². The summed E-state index contributed by atoms with van der Waals surface area (Å²) in [4.78, 5) is 2.38. The molecule has 0 fully saturated rings. The van der Waals surface area contributed by atoms with Crippen LogP contribution in [0, 0.1) is 0 Å². The van der Waals surface area contributed by atoms with E-state index in [1.54, 1.807) is 0 Å². The van der Waals surface area contributed by atoms with Gasteiger partial charge in [0.2, 0.25) is 0 Å². The van der Waals surface area contributed by atoms with E-state index in [4.69, 9.17) is 4.42 Å². The van der Waals surface area contributed by atoms with Gasteiger partial charge in [0, 0.05) is 32.9 Å². The van der Waals surface area contributed by atoms with E-state index in [1.807, 2.05) is 6.07 Å². The Morgan fingerprint density at radius 1 is 0.304 bits per heavy atom. The Kier molecular flexibility index (Phi) is 7.53. The first-order valence-corrected chi connectivity index (χ1v) is 19.2. The highest BCUT2D eigenvalue weighted by Crippen LogP contribution is 2.44. The fourth-order valence-corrected chi connectivity index (χ4v) is 8.62. The fourth-order valence-electron chi connectivity index (χ4n) is 8.62. The maximum Gasteiger partial charge on any atom is 0.143 e. The van der Waals surface area contributed by atoms with E-state index in [2.05, 4.69) is 211 Å². The van der Waals surface area contributed by atoms with Crippen LogP contribution in [0.15, 0.2) is 217 Å². The molecule has 0 atom stereocenters. The van der Waals surface area contributed by atoms with Crippen LogP contribution >= 0.6 is 0 Å². The van der Waals surface area contributed by atoms with Crippen LogP contribution in [-0.2, 0) is 0 Å². The highest BCUT2D eigenvalue weighted by molar-refractivity contribution is 6.18. The monoisotopic (exact) mass is 713 g/mol. The molecule has 2 nitrogen and oxygen atoms in total. The number of nitrogens with zero attached hydrogens (tertiary/aromatic N) is 1. The number of rotatable bonds is 6. The molecule has 1 aromatic heterocycles. The molecule has 10 aromatic carbocycles. The molecular formula is C54H35NO. The molecule has 0 spiro atoms. The Hall–Kier alpha value is -7.42. The van der Waals surface area contributed by atoms with Gasteiger partial charge in [-0.25, -0.2) is 0 Å². The second-order valence-electron chi connectivity index (χ2n) is 14.4. The largest absolute Gasteiger partial charge is 0.455 e. The van der Waals surface area contributed by atoms with Gasteiger partial charge in [0.25, 0.3) is 0 Å². The zero-order valence-electron chi connectivity index (χ0n) is 30.6. The van der Waals surface area contributed by atoms with Crippen molar-refractivity contribution >= 4 is 71.3 Å². The maximum absolute atomic E-state index is 6.54. The van der Waals surface area contributed by atoms with Crippen LogP contribution in [0.3, 0.4) is 0 Å². The Bertz CT molecular complexity index is 3230. The van der Waals surface area contributed by atoms with Crippen molar-refractivity contribution < 1.29 is 4.42 Å². The molecule has 0 amide bonds. The smallest absolute Gasteiger partial charge is 0.143 e. The van der Waals surface area contributed by atoms with Gasteiger partial charge in [-0.1, -0.05) is 164 Å². The first-order chi connectivity index (χ1) is 27.8. The zero-order valence-corrected chi connectivity index (χ0v) is 30.6. The molecular weight excluding hydrogens is 679 g/mol. The molecule has 11 rings (SSSR count). The minimum Gasteiger partial charge on any atom is -0.455 e. The normalized spacial score (nSPS) is 11.6. The Morgan fingerprint density at radius 3 is 1.55 bits per heavy atom. The van der Waals surface area contributed by atoms with Gasteiger partial charge in [-0.2, -0.15) is 0 Å². The van der Waals surface area contributed by atoms with Crippen molar-refractivity contribution in [1.82, 2.24) is 0 Å². The second kappa shape index (κ2) is 13.2. The zero-order chi connectivity index (χ0) is 37.0. The lowest BCUT2D eigenvalue weighted by Gasteiger charge is -2.27. The Morgan fingerprint density at radius 2 is 0.821 bits per heavy atom. The summed E-state index contributed by atoms with van der Waals surface area (Å²) >= 11 is 0. The SMILES string of the molecule is c1ccc(-c2ccccc2-c2ccc(N(c3ccc(-c4cc5ccccc5c5ccccc45)cc3)c3cccc4c3ccc3c5ccccc5oc43)cc2)cc1. The van der Waals surface area contributed by atoms with E-state index in [-0.39, 0.29) is 0 Å². The Labute approximate surface area is 325 Å². The van der Waals surface area contributed by atoms with Gasteiger partial charge in [-0.15, -0.1) is 0 Å². The minimum absolute atomic E-state index is 0.903. The van der Waals surface area contributed by atoms with Gasteiger partial charge in [0.15, 0.2) is 0 Å². The molecule has 0 radical (unpaired) electrons. The quantitative estimate of drug-likeness (QED) is 0.160. The third-order valence-corrected chi connectivity index (χ3v) is 11.3. The minimum atomic E-state index is 0.903. The highest BCUT2D eigenvalue weighted by atomic mass is 16.3. The van der Waals surface area contributed by atoms with Crippen molar-refractivity contribution in [3.63, 3.8) is 0 Å². The summed E-state index contributed by atoms with van der Waals surface area (Å²) in [7, 11) is 0. The molecule has 1 heterocycles.